The highest BCUT2D eigenvalue weighted by atomic mass is 35.5. The quantitative estimate of drug-likeness (QED) is 0.456. The van der Waals surface area contributed by atoms with Gasteiger partial charge in [-0.25, -0.2) is 0 Å². The average molecular weight is 394 g/mol. The van der Waals surface area contributed by atoms with Crippen LogP contribution >= 0.6 is 34.8 Å². The molecule has 1 unspecified atom stereocenters. The van der Waals surface area contributed by atoms with Crippen molar-refractivity contribution < 1.29 is 9.26 Å². The Balaban J connectivity index is 1.79. The Morgan fingerprint density at radius 2 is 1.92 bits per heavy atom. The lowest BCUT2D eigenvalue weighted by molar-refractivity contribution is 0.283. The van der Waals surface area contributed by atoms with E-state index in [9.17, 15) is 0 Å². The minimum absolute atomic E-state index is 0.310. The van der Waals surface area contributed by atoms with Crippen molar-refractivity contribution in [1.29, 1.82) is 0 Å². The molecule has 3 nitrogen and oxygen atoms in total. The summed E-state index contributed by atoms with van der Waals surface area (Å²) in [4.78, 5) is 0. The topological polar surface area (TPSA) is 35.3 Å². The van der Waals surface area contributed by atoms with Crippen molar-refractivity contribution >= 4 is 34.8 Å². The van der Waals surface area contributed by atoms with E-state index in [1.165, 1.54) is 0 Å². The van der Waals surface area contributed by atoms with Crippen LogP contribution in [0, 0.1) is 6.07 Å². The Hall–Kier alpha value is -1.68. The predicted molar refractivity (Wildman–Crippen MR) is 98.4 cm³/mol. The average Bonchev–Trinajstić information content (AvgIpc) is 3.35. The van der Waals surface area contributed by atoms with Gasteiger partial charge in [0.2, 0.25) is 5.56 Å². The maximum Gasteiger partial charge on any atom is 0.203 e. The van der Waals surface area contributed by atoms with Crippen LogP contribution in [0.3, 0.4) is 0 Å². The van der Waals surface area contributed by atoms with E-state index < -0.39 is 5.56 Å². The first-order valence-electron chi connectivity index (χ1n) is 7.86. The summed E-state index contributed by atoms with van der Waals surface area (Å²) in [7, 11) is 0. The number of hydrogen-bond acceptors (Lipinski definition) is 3. The molecule has 1 saturated carbocycles. The first-order chi connectivity index (χ1) is 12.1. The van der Waals surface area contributed by atoms with Gasteiger partial charge in [-0.15, -0.1) is 0 Å². The zero-order chi connectivity index (χ0) is 17.4. The smallest absolute Gasteiger partial charge is 0.203 e. The lowest BCUT2D eigenvalue weighted by Crippen LogP contribution is -2.04. The molecule has 4 rings (SSSR count). The second-order valence-electron chi connectivity index (χ2n) is 5.85. The maximum atomic E-state index is 6.60. The summed E-state index contributed by atoms with van der Waals surface area (Å²) in [6.45, 7) is 0. The van der Waals surface area contributed by atoms with Crippen LogP contribution in [0.25, 0.3) is 11.3 Å². The van der Waals surface area contributed by atoms with E-state index in [1.807, 2.05) is 12.1 Å². The molecule has 0 bridgehead atoms. The van der Waals surface area contributed by atoms with Gasteiger partial charge >= 0.3 is 0 Å². The van der Waals surface area contributed by atoms with Crippen LogP contribution in [0.1, 0.15) is 35.6 Å². The van der Waals surface area contributed by atoms with Gasteiger partial charge in [0.05, 0.1) is 15.6 Å². The van der Waals surface area contributed by atoms with Gasteiger partial charge in [0, 0.05) is 11.5 Å². The fourth-order valence-electron chi connectivity index (χ4n) is 2.70. The Bertz CT molecular complexity index is 871. The van der Waals surface area contributed by atoms with Gasteiger partial charge in [-0.3, -0.25) is 0 Å². The van der Waals surface area contributed by atoms with E-state index in [4.69, 9.17) is 44.1 Å². The standard InChI is InChI=1S/C19H13Cl3NO2/c20-13-7-4-8-14(21)15(13)17-16(18(25-23-17)11-9-10-11)19(22)24-12-5-2-1-3-6-12/h1-2,4-8,11,19H,9-10H2. The van der Waals surface area contributed by atoms with Gasteiger partial charge in [-0.05, 0) is 43.2 Å². The molecule has 0 saturated heterocycles. The third-order valence-electron chi connectivity index (χ3n) is 4.05. The van der Waals surface area contributed by atoms with E-state index >= 15 is 0 Å². The molecule has 1 aliphatic rings. The van der Waals surface area contributed by atoms with Crippen molar-refractivity contribution in [2.75, 3.05) is 0 Å². The molecule has 0 spiro atoms. The van der Waals surface area contributed by atoms with E-state index in [-0.39, 0.29) is 0 Å². The molecule has 0 N–H and O–H groups in total. The Morgan fingerprint density at radius 1 is 1.16 bits per heavy atom. The highest BCUT2D eigenvalue weighted by molar-refractivity contribution is 6.39. The number of hydrogen-bond donors (Lipinski definition) is 0. The van der Waals surface area contributed by atoms with Crippen LogP contribution < -0.4 is 4.74 Å². The van der Waals surface area contributed by atoms with E-state index in [0.29, 0.717) is 38.5 Å². The number of nitrogens with zero attached hydrogens (tertiary/aromatic N) is 1. The summed E-state index contributed by atoms with van der Waals surface area (Å²) >= 11 is 19.3. The first kappa shape index (κ1) is 16.8. The minimum Gasteiger partial charge on any atom is -0.470 e. The zero-order valence-corrected chi connectivity index (χ0v) is 15.3. The Kier molecular flexibility index (Phi) is 4.63. The number of halogens is 3. The van der Waals surface area contributed by atoms with Crippen molar-refractivity contribution in [3.8, 4) is 17.0 Å². The molecule has 1 aromatic heterocycles. The SMILES string of the molecule is Clc1cccc(Cl)c1-c1noc(C2CC2)c1C(Cl)Oc1c[c]ccc1. The minimum atomic E-state index is -0.778. The molecule has 1 aliphatic carbocycles. The van der Waals surface area contributed by atoms with Gasteiger partial charge in [-0.2, -0.15) is 0 Å². The lowest BCUT2D eigenvalue weighted by Gasteiger charge is -2.14. The normalized spacial score (nSPS) is 15.2. The second kappa shape index (κ2) is 6.91. The van der Waals surface area contributed by atoms with E-state index in [1.54, 1.807) is 30.3 Å². The monoisotopic (exact) mass is 392 g/mol. The highest BCUT2D eigenvalue weighted by Crippen LogP contribution is 2.49. The first-order valence-corrected chi connectivity index (χ1v) is 9.05. The molecule has 1 fully saturated rings. The van der Waals surface area contributed by atoms with Gasteiger partial charge in [0.1, 0.15) is 17.2 Å². The molecule has 2 aromatic carbocycles. The Morgan fingerprint density at radius 3 is 2.56 bits per heavy atom. The molecule has 1 atom stereocenters. The van der Waals surface area contributed by atoms with Crippen LogP contribution in [-0.4, -0.2) is 5.16 Å². The summed E-state index contributed by atoms with van der Waals surface area (Å²) in [5.41, 5.74) is 1.03. The van der Waals surface area contributed by atoms with Crippen LogP contribution in [0.15, 0.2) is 47.0 Å². The molecular weight excluding hydrogens is 381 g/mol. The highest BCUT2D eigenvalue weighted by Gasteiger charge is 2.36. The van der Waals surface area contributed by atoms with Gasteiger partial charge in [0.15, 0.2) is 0 Å². The van der Waals surface area contributed by atoms with Crippen molar-refractivity contribution in [3.63, 3.8) is 0 Å². The van der Waals surface area contributed by atoms with Gasteiger partial charge in [-0.1, -0.05) is 58.2 Å². The van der Waals surface area contributed by atoms with Crippen molar-refractivity contribution in [2.45, 2.75) is 24.3 Å². The fourth-order valence-corrected chi connectivity index (χ4v) is 3.59. The molecule has 0 aliphatic heterocycles. The molecule has 6 heteroatoms. The molecular formula is C19H13Cl3NO2. The molecule has 25 heavy (non-hydrogen) atoms. The zero-order valence-electron chi connectivity index (χ0n) is 13.0. The van der Waals surface area contributed by atoms with Crippen LogP contribution in [0.2, 0.25) is 10.0 Å². The Labute approximate surface area is 160 Å². The maximum absolute atomic E-state index is 6.60. The van der Waals surface area contributed by atoms with Crippen LogP contribution in [0.5, 0.6) is 5.75 Å². The second-order valence-corrected chi connectivity index (χ2v) is 7.06. The van der Waals surface area contributed by atoms with Crippen molar-refractivity contribution in [2.24, 2.45) is 0 Å². The van der Waals surface area contributed by atoms with Crippen LogP contribution in [-0.2, 0) is 0 Å². The summed E-state index contributed by atoms with van der Waals surface area (Å²) in [6, 6.07) is 15.4. The number of alkyl halides is 1. The van der Waals surface area contributed by atoms with Gasteiger partial charge in [0.25, 0.3) is 0 Å². The predicted octanol–water partition coefficient (Wildman–Crippen LogP) is 6.64. The van der Waals surface area contributed by atoms with Gasteiger partial charge < -0.3 is 9.26 Å². The number of ether oxygens (including phenoxy) is 1. The molecule has 0 amide bonds. The largest absolute Gasteiger partial charge is 0.470 e. The number of benzene rings is 2. The number of rotatable bonds is 5. The molecule has 1 radical (unpaired) electrons. The summed E-state index contributed by atoms with van der Waals surface area (Å²) < 4.78 is 11.5. The summed E-state index contributed by atoms with van der Waals surface area (Å²) in [5.74, 6) is 1.66. The third-order valence-corrected chi connectivity index (χ3v) is 4.99. The summed E-state index contributed by atoms with van der Waals surface area (Å²) in [6.07, 6.45) is 2.08. The van der Waals surface area contributed by atoms with Crippen molar-refractivity contribution in [3.05, 3.63) is 69.9 Å². The van der Waals surface area contributed by atoms with E-state index in [0.717, 1.165) is 18.6 Å². The van der Waals surface area contributed by atoms with E-state index in [2.05, 4.69) is 11.2 Å². The third kappa shape index (κ3) is 3.37. The molecule has 1 heterocycles. The van der Waals surface area contributed by atoms with Crippen LogP contribution in [0.4, 0.5) is 0 Å². The van der Waals surface area contributed by atoms with Crippen molar-refractivity contribution in [1.82, 2.24) is 5.16 Å². The fraction of sp³-hybridized carbons (Fsp3) is 0.211. The molecule has 127 valence electrons. The summed E-state index contributed by atoms with van der Waals surface area (Å²) in [5, 5.41) is 5.19. The lowest BCUT2D eigenvalue weighted by atomic mass is 10.0. The molecule has 3 aromatic rings. The number of aromatic nitrogens is 1.